The topological polar surface area (TPSA) is 89.9 Å². The standard InChI is InChI=1S/C21H25N3O5/c25-19(22-12-15-4-3-9-29-15)14-24-13-17(16-5-1-2-6-18(16)24)20(26)21(27)23-7-10-28-11-8-23/h1-2,5-6,13,15H,3-4,7-12,14H2,(H,22,25). The number of hydrogen-bond donors (Lipinski definition) is 1. The molecule has 1 aromatic carbocycles. The van der Waals surface area contributed by atoms with E-state index in [-0.39, 0.29) is 18.6 Å². The number of amides is 2. The molecule has 0 spiro atoms. The molecule has 2 fully saturated rings. The molecule has 1 atom stereocenters. The SMILES string of the molecule is O=C(Cn1cc(C(=O)C(=O)N2CCOCC2)c2ccccc21)NCC1CCCO1. The van der Waals surface area contributed by atoms with Crippen molar-refractivity contribution in [2.75, 3.05) is 39.5 Å². The van der Waals surface area contributed by atoms with E-state index in [4.69, 9.17) is 9.47 Å². The van der Waals surface area contributed by atoms with E-state index in [9.17, 15) is 14.4 Å². The van der Waals surface area contributed by atoms with E-state index in [0.717, 1.165) is 25.0 Å². The number of ketones is 1. The van der Waals surface area contributed by atoms with Crippen LogP contribution < -0.4 is 5.32 Å². The van der Waals surface area contributed by atoms with Gasteiger partial charge in [0.2, 0.25) is 5.91 Å². The van der Waals surface area contributed by atoms with Gasteiger partial charge >= 0.3 is 0 Å². The van der Waals surface area contributed by atoms with Gasteiger partial charge in [0.25, 0.3) is 11.7 Å². The Hall–Kier alpha value is -2.71. The average molecular weight is 399 g/mol. The van der Waals surface area contributed by atoms with Crippen LogP contribution in [-0.2, 0) is 25.6 Å². The number of para-hydroxylation sites is 1. The molecule has 1 unspecified atom stereocenters. The molecule has 29 heavy (non-hydrogen) atoms. The number of Topliss-reactive ketones (excluding diaryl/α,β-unsaturated/α-hetero) is 1. The summed E-state index contributed by atoms with van der Waals surface area (Å²) >= 11 is 0. The fourth-order valence-electron chi connectivity index (χ4n) is 3.83. The first kappa shape index (κ1) is 19.6. The zero-order valence-corrected chi connectivity index (χ0v) is 16.3. The van der Waals surface area contributed by atoms with Gasteiger partial charge in [-0.1, -0.05) is 18.2 Å². The van der Waals surface area contributed by atoms with Crippen LogP contribution in [-0.4, -0.2) is 72.6 Å². The summed E-state index contributed by atoms with van der Waals surface area (Å²) in [4.78, 5) is 39.5. The molecule has 0 aliphatic carbocycles. The highest BCUT2D eigenvalue weighted by molar-refractivity contribution is 6.44. The molecule has 8 nitrogen and oxygen atoms in total. The molecule has 8 heteroatoms. The maximum absolute atomic E-state index is 12.9. The maximum Gasteiger partial charge on any atom is 0.295 e. The lowest BCUT2D eigenvalue weighted by molar-refractivity contribution is -0.130. The van der Waals surface area contributed by atoms with Crippen molar-refractivity contribution in [2.24, 2.45) is 0 Å². The highest BCUT2D eigenvalue weighted by Crippen LogP contribution is 2.22. The van der Waals surface area contributed by atoms with Gasteiger partial charge in [0.1, 0.15) is 6.54 Å². The number of carbonyl (C=O) groups excluding carboxylic acids is 3. The molecular formula is C21H25N3O5. The Morgan fingerprint density at radius 3 is 2.66 bits per heavy atom. The Bertz CT molecular complexity index is 910. The monoisotopic (exact) mass is 399 g/mol. The van der Waals surface area contributed by atoms with Crippen LogP contribution in [0.5, 0.6) is 0 Å². The van der Waals surface area contributed by atoms with Crippen molar-refractivity contribution in [3.05, 3.63) is 36.0 Å². The van der Waals surface area contributed by atoms with Crippen molar-refractivity contribution in [2.45, 2.75) is 25.5 Å². The molecule has 1 aromatic heterocycles. The van der Waals surface area contributed by atoms with E-state index in [1.54, 1.807) is 16.8 Å². The molecular weight excluding hydrogens is 374 g/mol. The summed E-state index contributed by atoms with van der Waals surface area (Å²) in [5, 5.41) is 3.56. The number of carbonyl (C=O) groups is 3. The largest absolute Gasteiger partial charge is 0.378 e. The average Bonchev–Trinajstić information content (AvgIpc) is 3.40. The second kappa shape index (κ2) is 8.75. The quantitative estimate of drug-likeness (QED) is 0.578. The first-order valence-corrected chi connectivity index (χ1v) is 10.0. The van der Waals surface area contributed by atoms with Gasteiger partial charge in [0.15, 0.2) is 0 Å². The first-order chi connectivity index (χ1) is 14.1. The van der Waals surface area contributed by atoms with Crippen LogP contribution in [0.2, 0.25) is 0 Å². The number of morpholine rings is 1. The minimum atomic E-state index is -0.554. The summed E-state index contributed by atoms with van der Waals surface area (Å²) in [5.74, 6) is -1.24. The normalized spacial score (nSPS) is 19.4. The Labute approximate surface area is 168 Å². The molecule has 154 valence electrons. The number of fused-ring (bicyclic) bond motifs is 1. The van der Waals surface area contributed by atoms with Crippen molar-refractivity contribution in [3.8, 4) is 0 Å². The van der Waals surface area contributed by atoms with Gasteiger partial charge in [-0.15, -0.1) is 0 Å². The smallest absolute Gasteiger partial charge is 0.295 e. The van der Waals surface area contributed by atoms with E-state index in [1.807, 2.05) is 18.2 Å². The van der Waals surface area contributed by atoms with Crippen LogP contribution in [0.15, 0.2) is 30.5 Å². The lowest BCUT2D eigenvalue weighted by atomic mass is 10.1. The summed E-state index contributed by atoms with van der Waals surface area (Å²) in [6.07, 6.45) is 3.65. The zero-order chi connectivity index (χ0) is 20.2. The number of aromatic nitrogens is 1. The van der Waals surface area contributed by atoms with Crippen molar-refractivity contribution in [1.29, 1.82) is 0 Å². The van der Waals surface area contributed by atoms with E-state index in [2.05, 4.69) is 5.32 Å². The fourth-order valence-corrected chi connectivity index (χ4v) is 3.83. The van der Waals surface area contributed by atoms with Gasteiger partial charge in [-0.05, 0) is 18.9 Å². The third kappa shape index (κ3) is 4.33. The molecule has 0 saturated carbocycles. The summed E-state index contributed by atoms with van der Waals surface area (Å²) in [6, 6.07) is 7.32. The minimum absolute atomic E-state index is 0.0728. The van der Waals surface area contributed by atoms with Gasteiger partial charge in [0.05, 0.1) is 24.9 Å². The van der Waals surface area contributed by atoms with Crippen LogP contribution >= 0.6 is 0 Å². The van der Waals surface area contributed by atoms with Gasteiger partial charge in [0, 0.05) is 43.3 Å². The zero-order valence-electron chi connectivity index (χ0n) is 16.3. The van der Waals surface area contributed by atoms with Crippen LogP contribution in [0.4, 0.5) is 0 Å². The second-order valence-electron chi connectivity index (χ2n) is 7.36. The summed E-state index contributed by atoms with van der Waals surface area (Å²) in [5.41, 5.74) is 1.07. The highest BCUT2D eigenvalue weighted by Gasteiger charge is 2.27. The Morgan fingerprint density at radius 2 is 1.90 bits per heavy atom. The van der Waals surface area contributed by atoms with Gasteiger partial charge in [-0.25, -0.2) is 0 Å². The van der Waals surface area contributed by atoms with Crippen LogP contribution in [0, 0.1) is 0 Å². The number of nitrogens with one attached hydrogen (secondary N) is 1. The molecule has 2 aliphatic rings. The first-order valence-electron chi connectivity index (χ1n) is 10.0. The highest BCUT2D eigenvalue weighted by atomic mass is 16.5. The number of nitrogens with zero attached hydrogens (tertiary/aromatic N) is 2. The molecule has 2 aliphatic heterocycles. The van der Waals surface area contributed by atoms with Gasteiger partial charge in [-0.2, -0.15) is 0 Å². The number of rotatable bonds is 6. The lowest BCUT2D eigenvalue weighted by Gasteiger charge is -2.25. The molecule has 0 bridgehead atoms. The van der Waals surface area contributed by atoms with E-state index in [1.165, 1.54) is 4.90 Å². The number of hydrogen-bond acceptors (Lipinski definition) is 5. The molecule has 1 N–H and O–H groups in total. The Morgan fingerprint density at radius 1 is 1.10 bits per heavy atom. The molecule has 3 heterocycles. The molecule has 4 rings (SSSR count). The van der Waals surface area contributed by atoms with Crippen molar-refractivity contribution >= 4 is 28.5 Å². The maximum atomic E-state index is 12.9. The minimum Gasteiger partial charge on any atom is -0.378 e. The third-order valence-electron chi connectivity index (χ3n) is 5.39. The summed E-state index contributed by atoms with van der Waals surface area (Å²) in [7, 11) is 0. The summed E-state index contributed by atoms with van der Waals surface area (Å²) in [6.45, 7) is 3.00. The van der Waals surface area contributed by atoms with Gasteiger partial charge in [-0.3, -0.25) is 14.4 Å². The van der Waals surface area contributed by atoms with E-state index >= 15 is 0 Å². The van der Waals surface area contributed by atoms with Crippen molar-refractivity contribution < 1.29 is 23.9 Å². The Kier molecular flexibility index (Phi) is 5.92. The molecule has 2 saturated heterocycles. The summed E-state index contributed by atoms with van der Waals surface area (Å²) < 4.78 is 12.5. The predicted molar refractivity (Wildman–Crippen MR) is 106 cm³/mol. The molecule has 2 aromatic rings. The van der Waals surface area contributed by atoms with E-state index < -0.39 is 11.7 Å². The third-order valence-corrected chi connectivity index (χ3v) is 5.39. The van der Waals surface area contributed by atoms with Crippen LogP contribution in [0.3, 0.4) is 0 Å². The van der Waals surface area contributed by atoms with Crippen molar-refractivity contribution in [3.63, 3.8) is 0 Å². The number of benzene rings is 1. The Balaban J connectivity index is 1.50. The second-order valence-corrected chi connectivity index (χ2v) is 7.36. The van der Waals surface area contributed by atoms with Crippen LogP contribution in [0.1, 0.15) is 23.2 Å². The van der Waals surface area contributed by atoms with Gasteiger partial charge < -0.3 is 24.3 Å². The predicted octanol–water partition coefficient (Wildman–Crippen LogP) is 0.978. The molecule has 0 radical (unpaired) electrons. The fraction of sp³-hybridized carbons (Fsp3) is 0.476. The lowest BCUT2D eigenvalue weighted by Crippen LogP contribution is -2.44. The molecule has 2 amide bonds. The van der Waals surface area contributed by atoms with E-state index in [0.29, 0.717) is 43.8 Å². The number of ether oxygens (including phenoxy) is 2. The van der Waals surface area contributed by atoms with Crippen molar-refractivity contribution in [1.82, 2.24) is 14.8 Å². The van der Waals surface area contributed by atoms with Crippen LogP contribution in [0.25, 0.3) is 10.9 Å².